The number of aryl methyl sites for hydroxylation is 1. The van der Waals surface area contributed by atoms with Gasteiger partial charge in [0.1, 0.15) is 11.5 Å². The van der Waals surface area contributed by atoms with E-state index >= 15 is 0 Å². The van der Waals surface area contributed by atoms with E-state index in [0.29, 0.717) is 6.61 Å². The Bertz CT molecular complexity index is 847. The lowest BCUT2D eigenvalue weighted by atomic mass is 10.1. The van der Waals surface area contributed by atoms with Crippen LogP contribution in [0.15, 0.2) is 24.3 Å². The van der Waals surface area contributed by atoms with Crippen molar-refractivity contribution in [3.8, 4) is 17.2 Å². The number of nitrogens with one attached hydrogen (secondary N) is 2. The van der Waals surface area contributed by atoms with Crippen molar-refractivity contribution in [2.45, 2.75) is 26.2 Å². The van der Waals surface area contributed by atoms with E-state index in [1.165, 1.54) is 0 Å². The molecule has 6 nitrogen and oxygen atoms in total. The van der Waals surface area contributed by atoms with Crippen molar-refractivity contribution in [1.82, 2.24) is 10.6 Å². The summed E-state index contributed by atoms with van der Waals surface area (Å²) in [5.74, 6) is 1.53. The lowest BCUT2D eigenvalue weighted by Gasteiger charge is -2.16. The lowest BCUT2D eigenvalue weighted by Crippen LogP contribution is -2.22. The summed E-state index contributed by atoms with van der Waals surface area (Å²) in [6, 6.07) is 7.66. The Kier molecular flexibility index (Phi) is 12.1. The number of carboxylic acid groups (broad SMARTS) is 1. The van der Waals surface area contributed by atoms with E-state index in [1.807, 2.05) is 38.2 Å². The second-order valence-corrected chi connectivity index (χ2v) is 10.5. The maximum atomic E-state index is 11.0. The topological polar surface area (TPSA) is 79.8 Å². The number of carbonyl (C=O) groups is 1. The van der Waals surface area contributed by atoms with E-state index in [2.05, 4.69) is 78.4 Å². The third-order valence-corrected chi connectivity index (χ3v) is 6.76. The van der Waals surface area contributed by atoms with E-state index in [9.17, 15) is 4.79 Å². The maximum Gasteiger partial charge on any atom is 0.307 e. The van der Waals surface area contributed by atoms with Gasteiger partial charge in [-0.2, -0.15) is 0 Å². The summed E-state index contributed by atoms with van der Waals surface area (Å²) >= 11 is 6.65. The first-order chi connectivity index (χ1) is 14.8. The van der Waals surface area contributed by atoms with E-state index < -0.39 is 5.97 Å². The fourth-order valence-corrected chi connectivity index (χ4v) is 5.94. The third kappa shape index (κ3) is 9.18. The van der Waals surface area contributed by atoms with E-state index in [-0.39, 0.29) is 6.42 Å². The number of ether oxygens (including phenoxy) is 2. The number of carboxylic acids is 1. The van der Waals surface area contributed by atoms with Gasteiger partial charge in [-0.25, -0.2) is 0 Å². The summed E-state index contributed by atoms with van der Waals surface area (Å²) in [6.07, 6.45) is 2.07. The molecule has 3 N–H and O–H groups in total. The normalized spacial score (nSPS) is 10.9. The average molecular weight is 764 g/mol. The van der Waals surface area contributed by atoms with Crippen molar-refractivity contribution < 1.29 is 19.4 Å². The van der Waals surface area contributed by atoms with Gasteiger partial charge >= 0.3 is 5.97 Å². The summed E-state index contributed by atoms with van der Waals surface area (Å²) in [5.41, 5.74) is 1.79. The zero-order chi connectivity index (χ0) is 22.8. The van der Waals surface area contributed by atoms with Crippen molar-refractivity contribution in [1.29, 1.82) is 0 Å². The van der Waals surface area contributed by atoms with Crippen LogP contribution in [-0.2, 0) is 11.2 Å². The maximum absolute atomic E-state index is 11.0. The van der Waals surface area contributed by atoms with Gasteiger partial charge in [0.15, 0.2) is 5.75 Å². The third-order valence-electron chi connectivity index (χ3n) is 4.36. The van der Waals surface area contributed by atoms with Crippen molar-refractivity contribution in [2.75, 3.05) is 33.3 Å². The second kappa shape index (κ2) is 14.0. The first-order valence-corrected chi connectivity index (χ1v) is 13.2. The molecule has 0 bridgehead atoms. The summed E-state index contributed by atoms with van der Waals surface area (Å²) in [4.78, 5) is 11.0. The minimum absolute atomic E-state index is 0.000787. The number of benzene rings is 2. The zero-order valence-corrected chi connectivity index (χ0v) is 24.0. The monoisotopic (exact) mass is 764 g/mol. The highest BCUT2D eigenvalue weighted by Crippen LogP contribution is 2.36. The fourth-order valence-electron chi connectivity index (χ4n) is 2.93. The van der Waals surface area contributed by atoms with Crippen LogP contribution >= 0.6 is 67.8 Å². The number of rotatable bonds is 13. The van der Waals surface area contributed by atoms with Gasteiger partial charge < -0.3 is 25.2 Å². The number of halogens is 3. The van der Waals surface area contributed by atoms with Crippen LogP contribution in [0.4, 0.5) is 0 Å². The molecule has 0 spiro atoms. The lowest BCUT2D eigenvalue weighted by molar-refractivity contribution is -0.136. The largest absolute Gasteiger partial charge is 0.492 e. The van der Waals surface area contributed by atoms with Gasteiger partial charge in [-0.1, -0.05) is 0 Å². The first-order valence-electron chi connectivity index (χ1n) is 9.97. The Labute approximate surface area is 224 Å². The van der Waals surface area contributed by atoms with Crippen LogP contribution in [-0.4, -0.2) is 44.4 Å². The fraction of sp³-hybridized carbons (Fsp3) is 0.409. The highest BCUT2D eigenvalue weighted by molar-refractivity contribution is 14.1. The smallest absolute Gasteiger partial charge is 0.307 e. The molecule has 0 aromatic heterocycles. The number of hydrogen-bond donors (Lipinski definition) is 3. The Hall–Kier alpha value is -0.380. The molecule has 0 radical (unpaired) electrons. The molecule has 2 rings (SSSR count). The van der Waals surface area contributed by atoms with E-state index in [0.717, 1.165) is 71.6 Å². The summed E-state index contributed by atoms with van der Waals surface area (Å²) in [6.45, 7) is 5.66. The van der Waals surface area contributed by atoms with Gasteiger partial charge in [0.25, 0.3) is 0 Å². The Morgan fingerprint density at radius 2 is 1.61 bits per heavy atom. The van der Waals surface area contributed by atoms with Crippen molar-refractivity contribution in [2.24, 2.45) is 0 Å². The standard InChI is InChI=1S/C22H27I3N2O4/c1-14-9-16(31-22-17(23)10-15(11-18(22)24)12-20(28)29)13-19(25)21(14)30-8-4-7-27-6-3-5-26-2/h9-11,13,26-27H,3-8,12H2,1-2H3,(H,28,29). The minimum Gasteiger partial charge on any atom is -0.492 e. The first kappa shape index (κ1) is 26.9. The molecule has 0 aliphatic heterocycles. The molecule has 0 unspecified atom stereocenters. The number of hydrogen-bond acceptors (Lipinski definition) is 5. The van der Waals surface area contributed by atoms with Gasteiger partial charge in [-0.15, -0.1) is 0 Å². The summed E-state index contributed by atoms with van der Waals surface area (Å²) in [5, 5.41) is 15.6. The molecule has 2 aromatic carbocycles. The summed E-state index contributed by atoms with van der Waals surface area (Å²) < 4.78 is 15.0. The van der Waals surface area contributed by atoms with Crippen LogP contribution in [0.3, 0.4) is 0 Å². The molecule has 0 amide bonds. The van der Waals surface area contributed by atoms with Crippen LogP contribution in [0.2, 0.25) is 0 Å². The molecule has 170 valence electrons. The Balaban J connectivity index is 1.97. The molecule has 9 heteroatoms. The van der Waals surface area contributed by atoms with Gasteiger partial charge in [0, 0.05) is 0 Å². The quantitative estimate of drug-likeness (QED) is 0.193. The molecule has 0 saturated carbocycles. The molecular weight excluding hydrogens is 737 g/mol. The average Bonchev–Trinajstić information content (AvgIpc) is 2.68. The predicted molar refractivity (Wildman–Crippen MR) is 149 cm³/mol. The van der Waals surface area contributed by atoms with Gasteiger partial charge in [-0.3, -0.25) is 4.79 Å². The molecule has 0 saturated heterocycles. The molecular formula is C22H27I3N2O4. The highest BCUT2D eigenvalue weighted by atomic mass is 127. The molecule has 0 aliphatic carbocycles. The molecule has 0 fully saturated rings. The van der Waals surface area contributed by atoms with Crippen molar-refractivity contribution in [3.05, 3.63) is 46.1 Å². The molecule has 0 heterocycles. The SMILES string of the molecule is CNCCCNCCCOc1c(C)cc(Oc2c(I)cc(CC(=O)O)cc2I)cc1I. The van der Waals surface area contributed by atoms with Crippen LogP contribution < -0.4 is 20.1 Å². The van der Waals surface area contributed by atoms with Gasteiger partial charge in [0.2, 0.25) is 0 Å². The van der Waals surface area contributed by atoms with Gasteiger partial charge in [-0.05, 0) is 150 Å². The number of aliphatic carboxylic acids is 1. The molecule has 0 atom stereocenters. The van der Waals surface area contributed by atoms with Crippen LogP contribution in [0.25, 0.3) is 0 Å². The van der Waals surface area contributed by atoms with Crippen molar-refractivity contribution >= 4 is 73.7 Å². The van der Waals surface area contributed by atoms with Crippen LogP contribution in [0.5, 0.6) is 17.2 Å². The second-order valence-electron chi connectivity index (χ2n) is 7.02. The Morgan fingerprint density at radius 3 is 2.23 bits per heavy atom. The van der Waals surface area contributed by atoms with Crippen LogP contribution in [0, 0.1) is 17.6 Å². The minimum atomic E-state index is -0.842. The predicted octanol–water partition coefficient (Wildman–Crippen LogP) is 5.20. The van der Waals surface area contributed by atoms with Crippen molar-refractivity contribution in [3.63, 3.8) is 0 Å². The Morgan fingerprint density at radius 1 is 0.968 bits per heavy atom. The molecule has 2 aromatic rings. The summed E-state index contributed by atoms with van der Waals surface area (Å²) in [7, 11) is 1.97. The van der Waals surface area contributed by atoms with E-state index in [4.69, 9.17) is 14.6 Å². The van der Waals surface area contributed by atoms with Gasteiger partial charge in [0.05, 0.1) is 23.7 Å². The van der Waals surface area contributed by atoms with Crippen LogP contribution in [0.1, 0.15) is 24.0 Å². The molecule has 0 aliphatic rings. The van der Waals surface area contributed by atoms with E-state index in [1.54, 1.807) is 0 Å². The highest BCUT2D eigenvalue weighted by Gasteiger charge is 2.14. The molecule has 31 heavy (non-hydrogen) atoms. The zero-order valence-electron chi connectivity index (χ0n) is 17.6.